The number of benzene rings is 1. The zero-order valence-corrected chi connectivity index (χ0v) is 16.9. The molecule has 0 unspecified atom stereocenters. The molecule has 0 saturated carbocycles. The van der Waals surface area contributed by atoms with Gasteiger partial charge in [-0.1, -0.05) is 15.9 Å². The number of carbonyl (C=O) groups excluding carboxylic acids is 2. The quantitative estimate of drug-likeness (QED) is 0.227. The highest BCUT2D eigenvalue weighted by Gasteiger charge is 2.49. The van der Waals surface area contributed by atoms with E-state index >= 15 is 0 Å². The van der Waals surface area contributed by atoms with Crippen LogP contribution in [0.2, 0.25) is 0 Å². The van der Waals surface area contributed by atoms with Crippen molar-refractivity contribution >= 4 is 43.7 Å². The zero-order chi connectivity index (χ0) is 21.5. The number of ether oxygens (including phenoxy) is 2. The van der Waals surface area contributed by atoms with E-state index in [1.165, 1.54) is 26.8 Å². The molecule has 0 aromatic heterocycles. The third kappa shape index (κ3) is 4.76. The van der Waals surface area contributed by atoms with Gasteiger partial charge in [0.05, 0.1) is 5.69 Å². The molecule has 1 heterocycles. The first kappa shape index (κ1) is 22.0. The highest BCUT2D eigenvalue weighted by molar-refractivity contribution is 9.10. The molecule has 1 fully saturated rings. The Morgan fingerprint density at radius 1 is 1.18 bits per heavy atom. The summed E-state index contributed by atoms with van der Waals surface area (Å²) in [4.78, 5) is 23.8. The fraction of sp³-hybridized carbons (Fsp3) is 0.333. The molecule has 0 atom stereocenters. The summed E-state index contributed by atoms with van der Waals surface area (Å²) < 4.78 is 74.7. The number of alkyl halides is 3. The first-order valence-corrected chi connectivity index (χ1v) is 9.57. The van der Waals surface area contributed by atoms with Crippen LogP contribution < -0.4 is 9.50 Å². The number of carbonyl (C=O) groups is 2. The van der Waals surface area contributed by atoms with Gasteiger partial charge >= 0.3 is 27.6 Å². The van der Waals surface area contributed by atoms with Crippen molar-refractivity contribution in [3.63, 3.8) is 0 Å². The van der Waals surface area contributed by atoms with Gasteiger partial charge in [-0.15, -0.1) is 0 Å². The van der Waals surface area contributed by atoms with E-state index in [0.717, 1.165) is 12.3 Å². The SMILES string of the molecule is Cc1cc(OS(=O)(=O)C(F)(F)F)c(NC=C2C(=O)OC(C)(C)OC2=O)cc1Br. The molecule has 13 heteroatoms. The summed E-state index contributed by atoms with van der Waals surface area (Å²) in [5.41, 5.74) is -6.14. The van der Waals surface area contributed by atoms with Gasteiger partial charge in [-0.25, -0.2) is 9.59 Å². The summed E-state index contributed by atoms with van der Waals surface area (Å²) in [6.07, 6.45) is 0.810. The van der Waals surface area contributed by atoms with Crippen molar-refractivity contribution in [1.29, 1.82) is 0 Å². The molecule has 1 aliphatic rings. The molecule has 0 bridgehead atoms. The van der Waals surface area contributed by atoms with E-state index < -0.39 is 44.7 Å². The third-order valence-corrected chi connectivity index (χ3v) is 5.05. The topological polar surface area (TPSA) is 108 Å². The van der Waals surface area contributed by atoms with Crippen molar-refractivity contribution in [3.05, 3.63) is 33.9 Å². The zero-order valence-electron chi connectivity index (χ0n) is 14.5. The van der Waals surface area contributed by atoms with E-state index in [-0.39, 0.29) is 5.69 Å². The molecular weight excluding hydrogens is 475 g/mol. The lowest BCUT2D eigenvalue weighted by Gasteiger charge is -2.29. The highest BCUT2D eigenvalue weighted by atomic mass is 79.9. The second kappa shape index (κ2) is 7.28. The van der Waals surface area contributed by atoms with Crippen LogP contribution >= 0.6 is 15.9 Å². The number of nitrogens with one attached hydrogen (secondary N) is 1. The maximum absolute atomic E-state index is 12.6. The fourth-order valence-corrected chi connectivity index (χ4v) is 2.74. The minimum atomic E-state index is -5.94. The Bertz CT molecular complexity index is 949. The van der Waals surface area contributed by atoms with Crippen LogP contribution in [0.4, 0.5) is 18.9 Å². The van der Waals surface area contributed by atoms with Crippen molar-refractivity contribution < 1.29 is 44.8 Å². The maximum atomic E-state index is 12.6. The predicted molar refractivity (Wildman–Crippen MR) is 92.5 cm³/mol. The van der Waals surface area contributed by atoms with Gasteiger partial charge in [0.1, 0.15) is 0 Å². The van der Waals surface area contributed by atoms with E-state index in [0.29, 0.717) is 10.0 Å². The van der Waals surface area contributed by atoms with Crippen LogP contribution in [0.3, 0.4) is 0 Å². The van der Waals surface area contributed by atoms with E-state index in [1.807, 2.05) is 0 Å². The lowest BCUT2D eigenvalue weighted by Crippen LogP contribution is -2.42. The average Bonchev–Trinajstić information content (AvgIpc) is 2.48. The number of aryl methyl sites for hydroxylation is 1. The Morgan fingerprint density at radius 2 is 1.71 bits per heavy atom. The number of cyclic esters (lactones) is 2. The van der Waals surface area contributed by atoms with Crippen LogP contribution in [-0.2, 0) is 29.2 Å². The molecule has 1 aromatic carbocycles. The average molecular weight is 488 g/mol. The maximum Gasteiger partial charge on any atom is 0.534 e. The predicted octanol–water partition coefficient (Wildman–Crippen LogP) is 3.12. The summed E-state index contributed by atoms with van der Waals surface area (Å²) in [5, 5.41) is 2.36. The van der Waals surface area contributed by atoms with Gasteiger partial charge in [0, 0.05) is 24.5 Å². The Kier molecular flexibility index (Phi) is 5.72. The lowest BCUT2D eigenvalue weighted by atomic mass is 10.2. The Labute approximate surface area is 165 Å². The van der Waals surface area contributed by atoms with Crippen molar-refractivity contribution in [2.75, 3.05) is 5.32 Å². The molecule has 154 valence electrons. The molecular formula is C15H13BrF3NO7S. The molecule has 0 aliphatic carbocycles. The van der Waals surface area contributed by atoms with Crippen LogP contribution in [0.1, 0.15) is 19.4 Å². The van der Waals surface area contributed by atoms with Crippen molar-refractivity contribution in [3.8, 4) is 5.75 Å². The molecule has 1 N–H and O–H groups in total. The number of rotatable bonds is 4. The Morgan fingerprint density at radius 3 is 2.21 bits per heavy atom. The van der Waals surface area contributed by atoms with Gasteiger partial charge in [0.25, 0.3) is 5.79 Å². The normalized spacial score (nSPS) is 16.9. The first-order chi connectivity index (χ1) is 12.6. The largest absolute Gasteiger partial charge is 0.534 e. The number of hydrogen-bond acceptors (Lipinski definition) is 8. The fourth-order valence-electron chi connectivity index (χ4n) is 1.93. The summed E-state index contributed by atoms with van der Waals surface area (Å²) in [6.45, 7) is 4.15. The highest BCUT2D eigenvalue weighted by Crippen LogP contribution is 2.35. The van der Waals surface area contributed by atoms with Gasteiger partial charge in [0.2, 0.25) is 0 Å². The van der Waals surface area contributed by atoms with Gasteiger partial charge < -0.3 is 19.0 Å². The van der Waals surface area contributed by atoms with Crippen LogP contribution in [0.15, 0.2) is 28.4 Å². The molecule has 0 spiro atoms. The molecule has 1 aliphatic heterocycles. The van der Waals surface area contributed by atoms with Crippen LogP contribution in [0, 0.1) is 6.92 Å². The van der Waals surface area contributed by atoms with Crippen LogP contribution in [0.25, 0.3) is 0 Å². The number of halogens is 4. The summed E-state index contributed by atoms with van der Waals surface area (Å²) in [6, 6.07) is 2.23. The molecule has 1 saturated heterocycles. The van der Waals surface area contributed by atoms with E-state index in [1.54, 1.807) is 0 Å². The summed E-state index contributed by atoms with van der Waals surface area (Å²) in [7, 11) is -5.94. The second-order valence-corrected chi connectivity index (χ2v) is 8.35. The molecule has 2 rings (SSSR count). The van der Waals surface area contributed by atoms with E-state index in [2.05, 4.69) is 25.4 Å². The molecule has 0 radical (unpaired) electrons. The minimum absolute atomic E-state index is 0.275. The van der Waals surface area contributed by atoms with Gasteiger partial charge in [-0.2, -0.15) is 21.6 Å². The number of esters is 2. The lowest BCUT2D eigenvalue weighted by molar-refractivity contribution is -0.222. The molecule has 1 aromatic rings. The Hall–Kier alpha value is -2.28. The van der Waals surface area contributed by atoms with Crippen molar-refractivity contribution in [1.82, 2.24) is 0 Å². The summed E-state index contributed by atoms with van der Waals surface area (Å²) >= 11 is 3.13. The second-order valence-electron chi connectivity index (χ2n) is 5.96. The molecule has 8 nitrogen and oxygen atoms in total. The first-order valence-electron chi connectivity index (χ1n) is 7.37. The van der Waals surface area contributed by atoms with Crippen molar-refractivity contribution in [2.24, 2.45) is 0 Å². The standard InChI is InChI=1S/C15H13BrF3NO7S/c1-7-4-11(27-28(23,24)15(17,18)19)10(5-9(7)16)20-6-8-12(21)25-14(2,3)26-13(8)22/h4-6,20H,1-3H3. The molecule has 28 heavy (non-hydrogen) atoms. The summed E-state index contributed by atoms with van der Waals surface area (Å²) in [5.74, 6) is -4.25. The number of anilines is 1. The Balaban J connectivity index is 2.40. The smallest absolute Gasteiger partial charge is 0.419 e. The molecule has 0 amide bonds. The monoisotopic (exact) mass is 487 g/mol. The van der Waals surface area contributed by atoms with E-state index in [9.17, 15) is 31.2 Å². The van der Waals surface area contributed by atoms with Crippen LogP contribution in [0.5, 0.6) is 5.75 Å². The third-order valence-electron chi connectivity index (χ3n) is 3.23. The minimum Gasteiger partial charge on any atom is -0.419 e. The van der Waals surface area contributed by atoms with E-state index in [4.69, 9.17) is 9.47 Å². The number of hydrogen-bond donors (Lipinski definition) is 1. The van der Waals surface area contributed by atoms with Crippen LogP contribution in [-0.4, -0.2) is 31.7 Å². The van der Waals surface area contributed by atoms with Gasteiger partial charge in [-0.3, -0.25) is 0 Å². The van der Waals surface area contributed by atoms with Gasteiger partial charge in [-0.05, 0) is 24.6 Å². The van der Waals surface area contributed by atoms with Gasteiger partial charge in [0.15, 0.2) is 11.3 Å². The van der Waals surface area contributed by atoms with Crippen molar-refractivity contribution in [2.45, 2.75) is 32.1 Å².